The maximum atomic E-state index is 4.49. The van der Waals surface area contributed by atoms with Gasteiger partial charge in [0.05, 0.1) is 12.2 Å². The Morgan fingerprint density at radius 1 is 1.20 bits per heavy atom. The molecule has 1 rings (SSSR count). The van der Waals surface area contributed by atoms with Crippen molar-refractivity contribution < 1.29 is 0 Å². The van der Waals surface area contributed by atoms with Gasteiger partial charge in [0.15, 0.2) is 0 Å². The van der Waals surface area contributed by atoms with Crippen molar-refractivity contribution >= 4 is 0 Å². The van der Waals surface area contributed by atoms with Gasteiger partial charge in [0, 0.05) is 6.20 Å². The minimum atomic E-state index is 0.586. The van der Waals surface area contributed by atoms with Crippen LogP contribution in [0, 0.1) is 0 Å². The highest BCUT2D eigenvalue weighted by Crippen LogP contribution is 2.21. The zero-order valence-electron chi connectivity index (χ0n) is 10.5. The van der Waals surface area contributed by atoms with Crippen LogP contribution in [0.1, 0.15) is 70.9 Å². The number of hydrogen-bond acceptors (Lipinski definition) is 1. The molecule has 1 aromatic heterocycles. The van der Waals surface area contributed by atoms with Crippen LogP contribution >= 0.6 is 0 Å². The Labute approximate surface area is 93.7 Å². The smallest absolute Gasteiger partial charge is 0.0524 e. The second-order valence-corrected chi connectivity index (χ2v) is 4.64. The van der Waals surface area contributed by atoms with Crippen LogP contribution in [0.5, 0.6) is 0 Å². The van der Waals surface area contributed by atoms with Gasteiger partial charge in [-0.3, -0.25) is 4.68 Å². The van der Waals surface area contributed by atoms with Crippen LogP contribution < -0.4 is 0 Å². The standard InChI is InChI=1S/C13H24N2/c1-5-7-13(8-6-2)15-10-12(9-14-15)11(3)4/h9-11,13H,5-8H2,1-4H3. The first-order valence-corrected chi connectivity index (χ1v) is 6.23. The molecule has 0 aliphatic carbocycles. The lowest BCUT2D eigenvalue weighted by molar-refractivity contribution is 0.391. The first-order valence-electron chi connectivity index (χ1n) is 6.23. The van der Waals surface area contributed by atoms with Gasteiger partial charge in [-0.2, -0.15) is 5.10 Å². The lowest BCUT2D eigenvalue weighted by atomic mass is 10.1. The molecule has 15 heavy (non-hydrogen) atoms. The Bertz CT molecular complexity index is 270. The summed E-state index contributed by atoms with van der Waals surface area (Å²) in [5.41, 5.74) is 1.35. The van der Waals surface area contributed by atoms with Gasteiger partial charge in [-0.05, 0) is 24.3 Å². The van der Waals surface area contributed by atoms with E-state index >= 15 is 0 Å². The van der Waals surface area contributed by atoms with Crippen LogP contribution in [0.3, 0.4) is 0 Å². The first-order chi connectivity index (χ1) is 7.19. The zero-order valence-corrected chi connectivity index (χ0v) is 10.5. The van der Waals surface area contributed by atoms with Gasteiger partial charge >= 0.3 is 0 Å². The molecule has 1 heterocycles. The Balaban J connectivity index is 2.72. The van der Waals surface area contributed by atoms with E-state index in [0.29, 0.717) is 12.0 Å². The molecule has 0 aliphatic heterocycles. The SMILES string of the molecule is CCCC(CCC)n1cc(C(C)C)cn1. The summed E-state index contributed by atoms with van der Waals surface area (Å²) in [5.74, 6) is 0.586. The van der Waals surface area contributed by atoms with Crippen molar-refractivity contribution in [2.75, 3.05) is 0 Å². The normalized spacial score (nSPS) is 11.6. The van der Waals surface area contributed by atoms with E-state index in [4.69, 9.17) is 0 Å². The summed E-state index contributed by atoms with van der Waals surface area (Å²) in [4.78, 5) is 0. The molecular formula is C13H24N2. The van der Waals surface area contributed by atoms with Crippen molar-refractivity contribution in [3.63, 3.8) is 0 Å². The Kier molecular flexibility index (Phi) is 4.86. The number of nitrogens with zero attached hydrogens (tertiary/aromatic N) is 2. The molecule has 0 aliphatic rings. The van der Waals surface area contributed by atoms with Crippen molar-refractivity contribution in [1.29, 1.82) is 0 Å². The van der Waals surface area contributed by atoms with E-state index in [1.54, 1.807) is 0 Å². The summed E-state index contributed by atoms with van der Waals surface area (Å²) in [6, 6.07) is 0.604. The van der Waals surface area contributed by atoms with Crippen LogP contribution in [0.2, 0.25) is 0 Å². The molecule has 0 unspecified atom stereocenters. The molecule has 0 saturated carbocycles. The fraction of sp³-hybridized carbons (Fsp3) is 0.769. The van der Waals surface area contributed by atoms with E-state index in [0.717, 1.165) is 0 Å². The van der Waals surface area contributed by atoms with Crippen LogP contribution in [0.25, 0.3) is 0 Å². The van der Waals surface area contributed by atoms with Gasteiger partial charge in [-0.1, -0.05) is 40.5 Å². The van der Waals surface area contributed by atoms with Gasteiger partial charge in [0.25, 0.3) is 0 Å². The van der Waals surface area contributed by atoms with Crippen LogP contribution in [-0.4, -0.2) is 9.78 Å². The summed E-state index contributed by atoms with van der Waals surface area (Å²) in [6.07, 6.45) is 9.20. The second kappa shape index (κ2) is 5.94. The molecule has 0 saturated heterocycles. The first kappa shape index (κ1) is 12.3. The molecule has 86 valence electrons. The predicted molar refractivity (Wildman–Crippen MR) is 65.2 cm³/mol. The van der Waals surface area contributed by atoms with Gasteiger partial charge in [0.1, 0.15) is 0 Å². The largest absolute Gasteiger partial charge is 0.269 e. The number of hydrogen-bond donors (Lipinski definition) is 0. The molecule has 0 fully saturated rings. The second-order valence-electron chi connectivity index (χ2n) is 4.64. The summed E-state index contributed by atoms with van der Waals surface area (Å²) >= 11 is 0. The maximum absolute atomic E-state index is 4.49. The molecular weight excluding hydrogens is 184 g/mol. The maximum Gasteiger partial charge on any atom is 0.0524 e. The van der Waals surface area contributed by atoms with Crippen molar-refractivity contribution in [3.05, 3.63) is 18.0 Å². The Morgan fingerprint density at radius 2 is 1.80 bits per heavy atom. The van der Waals surface area contributed by atoms with E-state index < -0.39 is 0 Å². The molecule has 0 atom stereocenters. The summed E-state index contributed by atoms with van der Waals surface area (Å²) in [6.45, 7) is 8.93. The van der Waals surface area contributed by atoms with Gasteiger partial charge in [0.2, 0.25) is 0 Å². The molecule has 0 N–H and O–H groups in total. The lowest BCUT2D eigenvalue weighted by Crippen LogP contribution is -2.09. The minimum absolute atomic E-state index is 0.586. The highest BCUT2D eigenvalue weighted by atomic mass is 15.3. The highest BCUT2D eigenvalue weighted by molar-refractivity contribution is 5.09. The van der Waals surface area contributed by atoms with Gasteiger partial charge in [-0.25, -0.2) is 0 Å². The van der Waals surface area contributed by atoms with Crippen molar-refractivity contribution in [2.45, 2.75) is 65.3 Å². The summed E-state index contributed by atoms with van der Waals surface area (Å²) in [7, 11) is 0. The van der Waals surface area contributed by atoms with Crippen molar-refractivity contribution in [3.8, 4) is 0 Å². The summed E-state index contributed by atoms with van der Waals surface area (Å²) in [5, 5.41) is 4.49. The van der Waals surface area contributed by atoms with Crippen molar-refractivity contribution in [2.24, 2.45) is 0 Å². The lowest BCUT2D eigenvalue weighted by Gasteiger charge is -2.15. The highest BCUT2D eigenvalue weighted by Gasteiger charge is 2.11. The topological polar surface area (TPSA) is 17.8 Å². The zero-order chi connectivity index (χ0) is 11.3. The van der Waals surface area contributed by atoms with Crippen LogP contribution in [0.4, 0.5) is 0 Å². The molecule has 0 radical (unpaired) electrons. The summed E-state index contributed by atoms with van der Waals surface area (Å²) < 4.78 is 2.17. The fourth-order valence-electron chi connectivity index (χ4n) is 1.93. The third-order valence-electron chi connectivity index (χ3n) is 2.91. The molecule has 2 nitrogen and oxygen atoms in total. The molecule has 1 aromatic rings. The minimum Gasteiger partial charge on any atom is -0.269 e. The fourth-order valence-corrected chi connectivity index (χ4v) is 1.93. The molecule has 0 bridgehead atoms. The third-order valence-corrected chi connectivity index (χ3v) is 2.91. The van der Waals surface area contributed by atoms with E-state index in [9.17, 15) is 0 Å². The quantitative estimate of drug-likeness (QED) is 0.686. The Hall–Kier alpha value is -0.790. The molecule has 0 aromatic carbocycles. The van der Waals surface area contributed by atoms with E-state index in [-0.39, 0.29) is 0 Å². The predicted octanol–water partition coefficient (Wildman–Crippen LogP) is 4.15. The van der Waals surface area contributed by atoms with Gasteiger partial charge < -0.3 is 0 Å². The van der Waals surface area contributed by atoms with E-state index in [2.05, 4.69) is 43.7 Å². The van der Waals surface area contributed by atoms with Crippen LogP contribution in [-0.2, 0) is 0 Å². The van der Waals surface area contributed by atoms with Gasteiger partial charge in [-0.15, -0.1) is 0 Å². The van der Waals surface area contributed by atoms with E-state index in [1.165, 1.54) is 31.2 Å². The average molecular weight is 208 g/mol. The van der Waals surface area contributed by atoms with Crippen LogP contribution in [0.15, 0.2) is 12.4 Å². The molecule has 2 heteroatoms. The monoisotopic (exact) mass is 208 g/mol. The van der Waals surface area contributed by atoms with Crippen molar-refractivity contribution in [1.82, 2.24) is 9.78 Å². The average Bonchev–Trinajstić information content (AvgIpc) is 2.66. The number of rotatable bonds is 6. The molecule has 0 spiro atoms. The molecule has 0 amide bonds. The van der Waals surface area contributed by atoms with E-state index in [1.807, 2.05) is 6.20 Å². The number of aromatic nitrogens is 2. The Morgan fingerprint density at radius 3 is 2.20 bits per heavy atom. The third kappa shape index (κ3) is 3.37.